The third-order valence-corrected chi connectivity index (χ3v) is 1.52. The monoisotopic (exact) mass is 259 g/mol. The average Bonchev–Trinajstić information content (AvgIpc) is 2.26. The standard InChI is InChI=1S/C10H19O5.Na.H2O/c1-12-5-6-14-9-10-15-8-7-13-4-2-3-11;;/h2,4-10H2,1H3;;1H2/q-1;+1;/p-1. The van der Waals surface area contributed by atoms with Crippen molar-refractivity contribution in [1.82, 2.24) is 0 Å². The van der Waals surface area contributed by atoms with Crippen LogP contribution in [-0.2, 0) is 23.7 Å². The van der Waals surface area contributed by atoms with Gasteiger partial charge in [-0.3, -0.25) is 6.29 Å². The predicted molar refractivity (Wildman–Crippen MR) is 56.6 cm³/mol. The van der Waals surface area contributed by atoms with Crippen LogP contribution in [0, 0.1) is 0 Å². The van der Waals surface area contributed by atoms with E-state index in [1.807, 2.05) is 0 Å². The van der Waals surface area contributed by atoms with E-state index in [1.165, 1.54) is 0 Å². The van der Waals surface area contributed by atoms with Crippen molar-refractivity contribution in [3.05, 3.63) is 0 Å². The Morgan fingerprint density at radius 2 is 1.24 bits per heavy atom. The van der Waals surface area contributed by atoms with E-state index in [4.69, 9.17) is 18.9 Å². The Hall–Kier alpha value is 0.470. The summed E-state index contributed by atoms with van der Waals surface area (Å²) >= 11 is 0. The van der Waals surface area contributed by atoms with Crippen molar-refractivity contribution in [2.75, 3.05) is 53.4 Å². The second-order valence-corrected chi connectivity index (χ2v) is 2.72. The van der Waals surface area contributed by atoms with Gasteiger partial charge in [-0.2, -0.15) is 0 Å². The maximum Gasteiger partial charge on any atom is 1.00 e. The molecule has 0 aliphatic rings. The third kappa shape index (κ3) is 22.2. The van der Waals surface area contributed by atoms with Gasteiger partial charge in [-0.15, -0.1) is 6.42 Å². The molecule has 0 rings (SSSR count). The largest absolute Gasteiger partial charge is 1.00 e. The molecule has 0 radical (unpaired) electrons. The van der Waals surface area contributed by atoms with E-state index in [2.05, 4.69) is 0 Å². The fourth-order valence-electron chi connectivity index (χ4n) is 0.798. The van der Waals surface area contributed by atoms with Gasteiger partial charge in [0.05, 0.1) is 39.6 Å². The van der Waals surface area contributed by atoms with E-state index in [-0.39, 0.29) is 35.0 Å². The zero-order valence-electron chi connectivity index (χ0n) is 10.6. The van der Waals surface area contributed by atoms with Crippen LogP contribution >= 0.6 is 0 Å². The topological polar surface area (TPSA) is 84.0 Å². The maximum atomic E-state index is 9.80. The minimum atomic E-state index is 0. The Bertz CT molecular complexity index is 136. The maximum absolute atomic E-state index is 9.80. The molecule has 6 nitrogen and oxygen atoms in total. The molecule has 0 atom stereocenters. The molecule has 0 aromatic heterocycles. The minimum absolute atomic E-state index is 0. The molecule has 0 amide bonds. The molecule has 0 unspecified atom stereocenters. The first-order valence-corrected chi connectivity index (χ1v) is 4.99. The summed E-state index contributed by atoms with van der Waals surface area (Å²) in [6, 6.07) is 0. The van der Waals surface area contributed by atoms with Crippen LogP contribution in [0.15, 0.2) is 0 Å². The molecule has 17 heavy (non-hydrogen) atoms. The Labute approximate surface area is 125 Å². The second-order valence-electron chi connectivity index (χ2n) is 2.72. The summed E-state index contributed by atoms with van der Waals surface area (Å²) in [6.07, 6.45) is 2.07. The predicted octanol–water partition coefficient (Wildman–Crippen LogP) is -2.99. The van der Waals surface area contributed by atoms with E-state index in [0.717, 1.165) is 0 Å². The summed E-state index contributed by atoms with van der Waals surface area (Å²) < 4.78 is 20.3. The van der Waals surface area contributed by atoms with Crippen LogP contribution in [0.2, 0.25) is 0 Å². The van der Waals surface area contributed by atoms with Crippen molar-refractivity contribution in [3.8, 4) is 0 Å². The first-order valence-electron chi connectivity index (χ1n) is 4.99. The van der Waals surface area contributed by atoms with Crippen molar-refractivity contribution in [2.24, 2.45) is 0 Å². The van der Waals surface area contributed by atoms with E-state index in [9.17, 15) is 4.79 Å². The van der Waals surface area contributed by atoms with Crippen LogP contribution in [-0.4, -0.2) is 65.1 Å². The average molecular weight is 259 g/mol. The molecule has 0 saturated heterocycles. The molecule has 0 bridgehead atoms. The van der Waals surface area contributed by atoms with Gasteiger partial charge in [0, 0.05) is 13.7 Å². The molecular formula is C10H20NaO6-. The van der Waals surface area contributed by atoms with Gasteiger partial charge in [0.15, 0.2) is 0 Å². The first kappa shape index (κ1) is 22.6. The van der Waals surface area contributed by atoms with E-state index in [0.29, 0.717) is 52.7 Å². The van der Waals surface area contributed by atoms with Crippen LogP contribution in [0.1, 0.15) is 6.42 Å². The zero-order valence-corrected chi connectivity index (χ0v) is 12.6. The van der Waals surface area contributed by atoms with Crippen molar-refractivity contribution >= 4 is 6.29 Å². The summed E-state index contributed by atoms with van der Waals surface area (Å²) in [5, 5.41) is 0. The molecule has 0 aromatic rings. The van der Waals surface area contributed by atoms with Crippen molar-refractivity contribution in [2.45, 2.75) is 6.42 Å². The van der Waals surface area contributed by atoms with Gasteiger partial charge in [0.25, 0.3) is 0 Å². The number of rotatable bonds is 12. The molecule has 1 N–H and O–H groups in total. The molecule has 0 aromatic carbocycles. The molecular weight excluding hydrogens is 239 g/mol. The van der Waals surface area contributed by atoms with Gasteiger partial charge < -0.3 is 29.2 Å². The van der Waals surface area contributed by atoms with E-state index in [1.54, 1.807) is 13.4 Å². The number of hydrogen-bond acceptors (Lipinski definition) is 6. The van der Waals surface area contributed by atoms with Gasteiger partial charge in [-0.25, -0.2) is 0 Å². The van der Waals surface area contributed by atoms with E-state index < -0.39 is 0 Å². The number of carbonyl (C=O) groups excluding carboxylic acids is 1. The Morgan fingerprint density at radius 3 is 1.65 bits per heavy atom. The zero-order chi connectivity index (χ0) is 11.2. The minimum Gasteiger partial charge on any atom is -0.870 e. The molecule has 0 saturated carbocycles. The van der Waals surface area contributed by atoms with Gasteiger partial charge in [-0.05, 0) is 0 Å². The fraction of sp³-hybridized carbons (Fsp3) is 0.900. The normalized spacial score (nSPS) is 9.24. The van der Waals surface area contributed by atoms with Crippen LogP contribution in [0.5, 0.6) is 0 Å². The summed E-state index contributed by atoms with van der Waals surface area (Å²) in [6.45, 7) is 3.73. The molecule has 0 fully saturated rings. The Morgan fingerprint density at radius 1 is 0.824 bits per heavy atom. The number of methoxy groups -OCH3 is 1. The van der Waals surface area contributed by atoms with E-state index >= 15 is 0 Å². The summed E-state index contributed by atoms with van der Waals surface area (Å²) in [4.78, 5) is 9.80. The summed E-state index contributed by atoms with van der Waals surface area (Å²) in [5.74, 6) is 0. The number of hydrogen-bond donors (Lipinski definition) is 0. The van der Waals surface area contributed by atoms with Crippen LogP contribution in [0.25, 0.3) is 0 Å². The first-order chi connectivity index (χ1) is 7.41. The van der Waals surface area contributed by atoms with Gasteiger partial charge >= 0.3 is 29.6 Å². The second kappa shape index (κ2) is 21.7. The smallest absolute Gasteiger partial charge is 0.870 e. The van der Waals surface area contributed by atoms with Crippen LogP contribution in [0.4, 0.5) is 0 Å². The van der Waals surface area contributed by atoms with Crippen LogP contribution < -0.4 is 29.6 Å². The molecule has 0 aliphatic heterocycles. The SMILES string of the molecule is COCCOCCOCCOCC[C-]=O.[Na+].[OH-]. The van der Waals surface area contributed by atoms with Gasteiger partial charge in [-0.1, -0.05) is 0 Å². The van der Waals surface area contributed by atoms with Gasteiger partial charge in [0.1, 0.15) is 0 Å². The molecule has 0 heterocycles. The quantitative estimate of drug-likeness (QED) is 0.211. The van der Waals surface area contributed by atoms with Gasteiger partial charge in [0.2, 0.25) is 0 Å². The molecule has 7 heteroatoms. The Balaban J connectivity index is -0.000000980. The number of ether oxygens (including phenoxy) is 4. The fourth-order valence-corrected chi connectivity index (χ4v) is 0.798. The van der Waals surface area contributed by atoms with Crippen LogP contribution in [0.3, 0.4) is 0 Å². The summed E-state index contributed by atoms with van der Waals surface area (Å²) in [5.41, 5.74) is 0. The molecule has 0 spiro atoms. The van der Waals surface area contributed by atoms with Crippen molar-refractivity contribution < 1.29 is 58.8 Å². The molecule has 0 aliphatic carbocycles. The molecule has 98 valence electrons. The third-order valence-electron chi connectivity index (χ3n) is 1.52. The van der Waals surface area contributed by atoms with Crippen molar-refractivity contribution in [1.29, 1.82) is 0 Å². The van der Waals surface area contributed by atoms with Crippen molar-refractivity contribution in [3.63, 3.8) is 0 Å². The summed E-state index contributed by atoms with van der Waals surface area (Å²) in [7, 11) is 1.63. The Kier molecular flexibility index (Phi) is 28.9.